The summed E-state index contributed by atoms with van der Waals surface area (Å²) in [4.78, 5) is 15.9. The van der Waals surface area contributed by atoms with Crippen molar-refractivity contribution in [2.24, 2.45) is 0 Å². The largest absolute Gasteiger partial charge is 0.425 e. The SMILES string of the molecule is O=c1cc(C(F)(F)F)c2ccccc2n1OCC(F)(F)F. The monoisotopic (exact) mass is 311 g/mol. The number of hydrogen-bond donors (Lipinski definition) is 0. The Bertz CT molecular complexity index is 716. The Morgan fingerprint density at radius 2 is 1.67 bits per heavy atom. The standard InChI is InChI=1S/C12H7F6NO2/c13-11(14,15)6-21-19-9-4-2-1-3-7(9)8(5-10(19)20)12(16,17)18/h1-5H,6H2. The fourth-order valence-electron chi connectivity index (χ4n) is 1.76. The molecule has 1 heterocycles. The third kappa shape index (κ3) is 3.29. The van der Waals surface area contributed by atoms with Gasteiger partial charge in [0.1, 0.15) is 0 Å². The molecular weight excluding hydrogens is 304 g/mol. The third-order valence-corrected chi connectivity index (χ3v) is 2.54. The Hall–Kier alpha value is -2.19. The number of fused-ring (bicyclic) bond motifs is 1. The van der Waals surface area contributed by atoms with Crippen LogP contribution >= 0.6 is 0 Å². The van der Waals surface area contributed by atoms with Gasteiger partial charge in [0.05, 0.1) is 11.1 Å². The second kappa shape index (κ2) is 4.97. The first-order valence-corrected chi connectivity index (χ1v) is 5.51. The minimum atomic E-state index is -4.80. The molecule has 0 saturated carbocycles. The lowest BCUT2D eigenvalue weighted by atomic mass is 10.1. The topological polar surface area (TPSA) is 31.2 Å². The van der Waals surface area contributed by atoms with E-state index in [4.69, 9.17) is 0 Å². The first kappa shape index (κ1) is 15.2. The highest BCUT2D eigenvalue weighted by Crippen LogP contribution is 2.33. The molecule has 0 N–H and O–H groups in total. The highest BCUT2D eigenvalue weighted by molar-refractivity contribution is 5.82. The predicted molar refractivity (Wildman–Crippen MR) is 60.7 cm³/mol. The van der Waals surface area contributed by atoms with Crippen molar-refractivity contribution >= 4 is 10.9 Å². The molecule has 3 nitrogen and oxygen atoms in total. The van der Waals surface area contributed by atoms with Crippen LogP contribution in [0.15, 0.2) is 35.1 Å². The fraction of sp³-hybridized carbons (Fsp3) is 0.250. The number of alkyl halides is 6. The maximum Gasteiger partial charge on any atom is 0.425 e. The summed E-state index contributed by atoms with van der Waals surface area (Å²) in [6.07, 6.45) is -9.52. The molecule has 1 aromatic heterocycles. The summed E-state index contributed by atoms with van der Waals surface area (Å²) in [5.74, 6) is 0. The van der Waals surface area contributed by atoms with Crippen molar-refractivity contribution in [2.75, 3.05) is 6.61 Å². The van der Waals surface area contributed by atoms with Gasteiger partial charge in [0.25, 0.3) is 5.56 Å². The lowest BCUT2D eigenvalue weighted by Gasteiger charge is -2.16. The maximum absolute atomic E-state index is 12.8. The van der Waals surface area contributed by atoms with Crippen LogP contribution in [0.5, 0.6) is 0 Å². The molecule has 21 heavy (non-hydrogen) atoms. The first-order chi connectivity index (χ1) is 9.59. The molecule has 2 rings (SSSR count). The minimum Gasteiger partial charge on any atom is -0.401 e. The van der Waals surface area contributed by atoms with Crippen molar-refractivity contribution in [2.45, 2.75) is 12.4 Å². The van der Waals surface area contributed by atoms with E-state index in [0.29, 0.717) is 0 Å². The zero-order chi connectivity index (χ0) is 15.8. The second-order valence-corrected chi connectivity index (χ2v) is 4.09. The first-order valence-electron chi connectivity index (χ1n) is 5.51. The van der Waals surface area contributed by atoms with Crippen molar-refractivity contribution in [1.29, 1.82) is 0 Å². The second-order valence-electron chi connectivity index (χ2n) is 4.09. The van der Waals surface area contributed by atoms with Crippen molar-refractivity contribution < 1.29 is 31.2 Å². The van der Waals surface area contributed by atoms with Gasteiger partial charge in [-0.2, -0.15) is 26.3 Å². The number of rotatable bonds is 2. The molecule has 0 bridgehead atoms. The Labute approximate surface area is 113 Å². The van der Waals surface area contributed by atoms with Gasteiger partial charge in [0.2, 0.25) is 6.61 Å². The van der Waals surface area contributed by atoms with Crippen molar-refractivity contribution in [1.82, 2.24) is 4.73 Å². The lowest BCUT2D eigenvalue weighted by Crippen LogP contribution is -2.34. The summed E-state index contributed by atoms with van der Waals surface area (Å²) in [5, 5.41) is -0.424. The molecule has 1 aromatic carbocycles. The number of benzene rings is 1. The van der Waals surface area contributed by atoms with Gasteiger partial charge in [-0.3, -0.25) is 4.79 Å². The maximum atomic E-state index is 12.8. The Balaban J connectivity index is 2.64. The molecule has 0 spiro atoms. The van der Waals surface area contributed by atoms with Crippen LogP contribution < -0.4 is 10.4 Å². The molecule has 0 saturated heterocycles. The number of halogens is 6. The van der Waals surface area contributed by atoms with Gasteiger partial charge in [-0.25, -0.2) is 0 Å². The summed E-state index contributed by atoms with van der Waals surface area (Å²) in [6, 6.07) is 4.89. The number of hydrogen-bond acceptors (Lipinski definition) is 2. The van der Waals surface area contributed by atoms with Gasteiger partial charge in [-0.1, -0.05) is 18.2 Å². The van der Waals surface area contributed by atoms with Crippen LogP contribution in [0.1, 0.15) is 5.56 Å². The predicted octanol–water partition coefficient (Wildman–Crippen LogP) is 3.01. The normalized spacial score (nSPS) is 12.7. The summed E-state index contributed by atoms with van der Waals surface area (Å²) in [7, 11) is 0. The Morgan fingerprint density at radius 1 is 1.05 bits per heavy atom. The van der Waals surface area contributed by atoms with Gasteiger partial charge in [0, 0.05) is 11.5 Å². The highest BCUT2D eigenvalue weighted by Gasteiger charge is 2.35. The van der Waals surface area contributed by atoms with E-state index in [-0.39, 0.29) is 16.3 Å². The van der Waals surface area contributed by atoms with Crippen LogP contribution in [-0.4, -0.2) is 17.5 Å². The molecule has 0 fully saturated rings. The molecule has 114 valence electrons. The average Bonchev–Trinajstić information content (AvgIpc) is 2.34. The van der Waals surface area contributed by atoms with E-state index in [1.165, 1.54) is 12.1 Å². The zero-order valence-electron chi connectivity index (χ0n) is 10.1. The van der Waals surface area contributed by atoms with E-state index in [0.717, 1.165) is 12.1 Å². The molecule has 0 aliphatic rings. The van der Waals surface area contributed by atoms with Gasteiger partial charge in [-0.15, -0.1) is 4.73 Å². The van der Waals surface area contributed by atoms with E-state index in [1.54, 1.807) is 0 Å². The van der Waals surface area contributed by atoms with Crippen LogP contribution in [-0.2, 0) is 6.18 Å². The number of para-hydroxylation sites is 1. The van der Waals surface area contributed by atoms with E-state index >= 15 is 0 Å². The van der Waals surface area contributed by atoms with Gasteiger partial charge in [0.15, 0.2) is 0 Å². The summed E-state index contributed by atoms with van der Waals surface area (Å²) < 4.78 is 75.1. The van der Waals surface area contributed by atoms with E-state index in [9.17, 15) is 31.1 Å². The Kier molecular flexibility index (Phi) is 3.60. The van der Waals surface area contributed by atoms with Gasteiger partial charge >= 0.3 is 12.4 Å². The van der Waals surface area contributed by atoms with Crippen LogP contribution in [0.4, 0.5) is 26.3 Å². The lowest BCUT2D eigenvalue weighted by molar-refractivity contribution is -0.174. The van der Waals surface area contributed by atoms with Crippen LogP contribution in [0, 0.1) is 0 Å². The summed E-state index contributed by atoms with van der Waals surface area (Å²) in [5.41, 5.74) is -2.94. The van der Waals surface area contributed by atoms with Crippen LogP contribution in [0.25, 0.3) is 10.9 Å². The quantitative estimate of drug-likeness (QED) is 0.798. The minimum absolute atomic E-state index is 0.206. The average molecular weight is 311 g/mol. The number of nitrogens with zero attached hydrogens (tertiary/aromatic N) is 1. The molecule has 0 unspecified atom stereocenters. The third-order valence-electron chi connectivity index (χ3n) is 2.54. The van der Waals surface area contributed by atoms with Crippen molar-refractivity contribution in [3.63, 3.8) is 0 Å². The van der Waals surface area contributed by atoms with Crippen molar-refractivity contribution in [3.8, 4) is 0 Å². The van der Waals surface area contributed by atoms with Gasteiger partial charge in [-0.05, 0) is 6.07 Å². The number of pyridine rings is 1. The Morgan fingerprint density at radius 3 is 2.24 bits per heavy atom. The smallest absolute Gasteiger partial charge is 0.401 e. The molecule has 0 aliphatic heterocycles. The van der Waals surface area contributed by atoms with E-state index in [1.807, 2.05) is 0 Å². The molecule has 0 atom stereocenters. The summed E-state index contributed by atoms with van der Waals surface area (Å²) >= 11 is 0. The molecule has 0 amide bonds. The number of aromatic nitrogens is 1. The summed E-state index contributed by atoms with van der Waals surface area (Å²) in [6.45, 7) is -1.79. The van der Waals surface area contributed by atoms with Gasteiger partial charge < -0.3 is 4.84 Å². The molecular formula is C12H7F6NO2. The highest BCUT2D eigenvalue weighted by atomic mass is 19.4. The van der Waals surface area contributed by atoms with Crippen LogP contribution in [0.2, 0.25) is 0 Å². The molecule has 0 aliphatic carbocycles. The van der Waals surface area contributed by atoms with E-state index in [2.05, 4.69) is 4.84 Å². The molecule has 0 radical (unpaired) electrons. The van der Waals surface area contributed by atoms with E-state index < -0.39 is 35.5 Å². The zero-order valence-corrected chi connectivity index (χ0v) is 10.1. The molecule has 2 aromatic rings. The van der Waals surface area contributed by atoms with Crippen molar-refractivity contribution in [3.05, 3.63) is 46.2 Å². The fourth-order valence-corrected chi connectivity index (χ4v) is 1.76. The molecule has 9 heteroatoms. The van der Waals surface area contributed by atoms with Crippen LogP contribution in [0.3, 0.4) is 0 Å².